The van der Waals surface area contributed by atoms with Crippen LogP contribution in [0.3, 0.4) is 0 Å². The molecule has 9 heteroatoms. The molecule has 2 aromatic heterocycles. The topological polar surface area (TPSA) is 79.1 Å². The number of hydrogen-bond acceptors (Lipinski definition) is 6. The maximum absolute atomic E-state index is 12.7. The fraction of sp³-hybridized carbons (Fsp3) is 0.615. The predicted molar refractivity (Wildman–Crippen MR) is 83.1 cm³/mol. The lowest BCUT2D eigenvalue weighted by atomic mass is 10.4. The van der Waals surface area contributed by atoms with Crippen molar-refractivity contribution in [1.82, 2.24) is 19.5 Å². The van der Waals surface area contributed by atoms with Crippen LogP contribution in [0, 0.1) is 5.92 Å². The summed E-state index contributed by atoms with van der Waals surface area (Å²) in [7, 11) is -3.02. The van der Waals surface area contributed by atoms with Gasteiger partial charge < -0.3 is 13.6 Å². The molecule has 0 N–H and O–H groups in total. The van der Waals surface area contributed by atoms with Crippen molar-refractivity contribution < 1.29 is 13.6 Å². The first kappa shape index (κ1) is 15.9. The van der Waals surface area contributed by atoms with E-state index in [0.717, 1.165) is 6.42 Å². The number of imidazole rings is 1. The quantitative estimate of drug-likeness (QED) is 0.567. The van der Waals surface area contributed by atoms with Crippen LogP contribution < -0.4 is 0 Å². The van der Waals surface area contributed by atoms with E-state index >= 15 is 0 Å². The molecular weight excluding hydrogens is 327 g/mol. The second-order valence-electron chi connectivity index (χ2n) is 5.17. The molecule has 0 unspecified atom stereocenters. The number of rotatable bonds is 7. The van der Waals surface area contributed by atoms with Gasteiger partial charge in [0.2, 0.25) is 0 Å². The molecule has 2 heterocycles. The van der Waals surface area contributed by atoms with E-state index < -0.39 is 7.60 Å². The third-order valence-corrected chi connectivity index (χ3v) is 6.65. The Balaban J connectivity index is 1.75. The Morgan fingerprint density at radius 1 is 1.32 bits per heavy atom. The average Bonchev–Trinajstić information content (AvgIpc) is 3.14. The van der Waals surface area contributed by atoms with Gasteiger partial charge in [-0.25, -0.2) is 15.0 Å². The zero-order chi connectivity index (χ0) is 15.7. The van der Waals surface area contributed by atoms with Gasteiger partial charge in [-0.2, -0.15) is 0 Å². The first-order valence-electron chi connectivity index (χ1n) is 7.29. The van der Waals surface area contributed by atoms with Gasteiger partial charge in [0, 0.05) is 6.54 Å². The summed E-state index contributed by atoms with van der Waals surface area (Å²) in [5.41, 5.74) is 1.22. The summed E-state index contributed by atoms with van der Waals surface area (Å²) in [6, 6.07) is 0. The lowest BCUT2D eigenvalue weighted by Gasteiger charge is -2.17. The largest absolute Gasteiger partial charge is 0.334 e. The molecule has 0 aromatic carbocycles. The van der Waals surface area contributed by atoms with Crippen LogP contribution in [0.2, 0.25) is 5.15 Å². The lowest BCUT2D eigenvalue weighted by Crippen LogP contribution is -2.06. The van der Waals surface area contributed by atoms with Gasteiger partial charge in [-0.15, -0.1) is 0 Å². The van der Waals surface area contributed by atoms with Gasteiger partial charge in [0.15, 0.2) is 10.8 Å². The van der Waals surface area contributed by atoms with Gasteiger partial charge in [-0.3, -0.25) is 4.57 Å². The summed E-state index contributed by atoms with van der Waals surface area (Å²) in [6.07, 6.45) is 3.92. The minimum atomic E-state index is -3.02. The zero-order valence-electron chi connectivity index (χ0n) is 12.5. The summed E-state index contributed by atoms with van der Waals surface area (Å²) in [5, 5.41) is 0.338. The van der Waals surface area contributed by atoms with E-state index in [1.54, 1.807) is 6.33 Å². The van der Waals surface area contributed by atoms with Crippen molar-refractivity contribution in [1.29, 1.82) is 0 Å². The van der Waals surface area contributed by atoms with Gasteiger partial charge in [-0.05, 0) is 26.2 Å². The third kappa shape index (κ3) is 2.91. The van der Waals surface area contributed by atoms with Crippen LogP contribution in [-0.4, -0.2) is 38.4 Å². The van der Waals surface area contributed by atoms with Crippen LogP contribution in [0.1, 0.15) is 20.3 Å². The summed E-state index contributed by atoms with van der Waals surface area (Å²) in [4.78, 5) is 12.4. The summed E-state index contributed by atoms with van der Waals surface area (Å²) >= 11 is 5.99. The van der Waals surface area contributed by atoms with Crippen molar-refractivity contribution >= 4 is 30.4 Å². The number of aromatic nitrogens is 4. The smallest absolute Gasteiger partial charge is 0.315 e. The van der Waals surface area contributed by atoms with Crippen molar-refractivity contribution in [3.8, 4) is 0 Å². The molecule has 0 saturated heterocycles. The van der Waals surface area contributed by atoms with Crippen LogP contribution in [0.4, 0.5) is 0 Å². The highest BCUT2D eigenvalue weighted by molar-refractivity contribution is 7.55. The molecule has 2 aromatic rings. The number of halogens is 1. The highest BCUT2D eigenvalue weighted by atomic mass is 35.5. The Kier molecular flexibility index (Phi) is 4.50. The Labute approximate surface area is 133 Å². The Morgan fingerprint density at radius 2 is 2.05 bits per heavy atom. The highest BCUT2D eigenvalue weighted by Crippen LogP contribution is 2.65. The lowest BCUT2D eigenvalue weighted by molar-refractivity contribution is 0.217. The molecule has 7 nitrogen and oxygen atoms in total. The minimum Gasteiger partial charge on any atom is -0.315 e. The Bertz CT molecular complexity index is 712. The second kappa shape index (κ2) is 6.24. The van der Waals surface area contributed by atoms with Crippen LogP contribution in [0.5, 0.6) is 0 Å². The van der Waals surface area contributed by atoms with Gasteiger partial charge in [0.25, 0.3) is 0 Å². The van der Waals surface area contributed by atoms with Gasteiger partial charge in [-0.1, -0.05) is 11.6 Å². The van der Waals surface area contributed by atoms with E-state index in [-0.39, 0.29) is 11.6 Å². The molecule has 22 heavy (non-hydrogen) atoms. The number of hydrogen-bond donors (Lipinski definition) is 0. The number of fused-ring (bicyclic) bond motifs is 1. The molecule has 0 radical (unpaired) electrons. The van der Waals surface area contributed by atoms with E-state index in [9.17, 15) is 4.57 Å². The van der Waals surface area contributed by atoms with Gasteiger partial charge in [0.05, 0.1) is 25.2 Å². The molecule has 1 aliphatic carbocycles. The molecule has 3 rings (SSSR count). The first-order valence-corrected chi connectivity index (χ1v) is 9.28. The fourth-order valence-electron chi connectivity index (χ4n) is 2.64. The highest BCUT2D eigenvalue weighted by Gasteiger charge is 2.52. The zero-order valence-corrected chi connectivity index (χ0v) is 14.1. The maximum atomic E-state index is 12.7. The molecule has 1 saturated carbocycles. The molecule has 1 aliphatic rings. The van der Waals surface area contributed by atoms with Crippen molar-refractivity contribution in [2.24, 2.45) is 5.92 Å². The van der Waals surface area contributed by atoms with Crippen molar-refractivity contribution in [3.05, 3.63) is 17.8 Å². The average molecular weight is 345 g/mol. The first-order chi connectivity index (χ1) is 10.6. The van der Waals surface area contributed by atoms with Crippen molar-refractivity contribution in [2.45, 2.75) is 32.5 Å². The SMILES string of the molecule is CCOP(=O)(OCC)[C@@H]1C[C@H]1Cn1cnc2c(Cl)ncnc21. The van der Waals surface area contributed by atoms with E-state index in [1.807, 2.05) is 18.4 Å². The molecular formula is C13H18ClN4O3P. The van der Waals surface area contributed by atoms with Crippen molar-refractivity contribution in [3.63, 3.8) is 0 Å². The molecule has 0 aliphatic heterocycles. The van der Waals surface area contributed by atoms with Gasteiger partial charge >= 0.3 is 7.60 Å². The Morgan fingerprint density at radius 3 is 2.73 bits per heavy atom. The molecule has 0 amide bonds. The fourth-order valence-corrected chi connectivity index (χ4v) is 5.14. The van der Waals surface area contributed by atoms with E-state index in [2.05, 4.69) is 15.0 Å². The van der Waals surface area contributed by atoms with E-state index in [0.29, 0.717) is 36.1 Å². The Hall–Kier alpha value is -1.01. The summed E-state index contributed by atoms with van der Waals surface area (Å²) < 4.78 is 25.5. The molecule has 0 bridgehead atoms. The molecule has 120 valence electrons. The van der Waals surface area contributed by atoms with Crippen LogP contribution >= 0.6 is 19.2 Å². The van der Waals surface area contributed by atoms with Crippen LogP contribution in [-0.2, 0) is 20.2 Å². The van der Waals surface area contributed by atoms with Crippen molar-refractivity contribution in [2.75, 3.05) is 13.2 Å². The third-order valence-electron chi connectivity index (χ3n) is 3.70. The minimum absolute atomic E-state index is 0.0536. The molecule has 2 atom stereocenters. The van der Waals surface area contributed by atoms with E-state index in [1.165, 1.54) is 6.33 Å². The van der Waals surface area contributed by atoms with Crippen LogP contribution in [0.25, 0.3) is 11.2 Å². The number of nitrogens with zero attached hydrogens (tertiary/aromatic N) is 4. The normalized spacial score (nSPS) is 21.4. The molecule has 1 fully saturated rings. The van der Waals surface area contributed by atoms with E-state index in [4.69, 9.17) is 20.6 Å². The standard InChI is InChI=1S/C13H18ClN4O3P/c1-3-20-22(19,21-4-2)10-5-9(10)6-18-8-17-11-12(14)15-7-16-13(11)18/h7-10H,3-6H2,1-2H3/t9-,10+/m0/s1. The summed E-state index contributed by atoms with van der Waals surface area (Å²) in [6.45, 7) is 5.09. The monoisotopic (exact) mass is 344 g/mol. The summed E-state index contributed by atoms with van der Waals surface area (Å²) in [5.74, 6) is 0.232. The predicted octanol–water partition coefficient (Wildman–Crippen LogP) is 3.13. The maximum Gasteiger partial charge on any atom is 0.334 e. The van der Waals surface area contributed by atoms with Crippen LogP contribution in [0.15, 0.2) is 12.7 Å². The second-order valence-corrected chi connectivity index (χ2v) is 7.79. The molecule has 0 spiro atoms. The van der Waals surface area contributed by atoms with Gasteiger partial charge in [0.1, 0.15) is 11.8 Å².